The standard InChI is InChI=1S/C13H24O4S2/c14-18(17-12-7-3-1-4-8-12)11-19(15,16)13-9-5-2-6-10-13/h12-13H,1-11H2. The minimum absolute atomic E-state index is 0.00357. The van der Waals surface area contributed by atoms with Crippen molar-refractivity contribution >= 4 is 20.9 Å². The Labute approximate surface area is 118 Å². The first-order valence-corrected chi connectivity index (χ1v) is 10.3. The summed E-state index contributed by atoms with van der Waals surface area (Å²) in [6.07, 6.45) is 9.72. The smallest absolute Gasteiger partial charge is 0.171 e. The predicted molar refractivity (Wildman–Crippen MR) is 76.8 cm³/mol. The highest BCUT2D eigenvalue weighted by Crippen LogP contribution is 2.26. The van der Waals surface area contributed by atoms with Crippen molar-refractivity contribution in [2.45, 2.75) is 75.6 Å². The van der Waals surface area contributed by atoms with Crippen molar-refractivity contribution in [1.82, 2.24) is 0 Å². The van der Waals surface area contributed by atoms with Gasteiger partial charge in [-0.15, -0.1) is 0 Å². The first kappa shape index (κ1) is 15.4. The van der Waals surface area contributed by atoms with E-state index in [1.54, 1.807) is 0 Å². The van der Waals surface area contributed by atoms with Crippen molar-refractivity contribution in [1.29, 1.82) is 0 Å². The fourth-order valence-corrected chi connectivity index (χ4v) is 6.61. The molecule has 112 valence electrons. The van der Waals surface area contributed by atoms with Gasteiger partial charge in [0.2, 0.25) is 0 Å². The number of hydrogen-bond donors (Lipinski definition) is 0. The minimum Gasteiger partial charge on any atom is -0.286 e. The molecule has 0 aromatic rings. The lowest BCUT2D eigenvalue weighted by molar-refractivity contribution is 0.175. The van der Waals surface area contributed by atoms with Crippen molar-refractivity contribution < 1.29 is 16.8 Å². The summed E-state index contributed by atoms with van der Waals surface area (Å²) in [6, 6.07) is 0. The molecule has 2 fully saturated rings. The first-order chi connectivity index (χ1) is 9.08. The maximum Gasteiger partial charge on any atom is 0.171 e. The van der Waals surface area contributed by atoms with E-state index in [9.17, 15) is 12.6 Å². The lowest BCUT2D eigenvalue weighted by Crippen LogP contribution is -2.30. The van der Waals surface area contributed by atoms with Crippen LogP contribution in [0.3, 0.4) is 0 Å². The van der Waals surface area contributed by atoms with E-state index in [1.165, 1.54) is 6.42 Å². The zero-order chi connectivity index (χ0) is 13.7. The zero-order valence-electron chi connectivity index (χ0n) is 11.4. The summed E-state index contributed by atoms with van der Waals surface area (Å²) in [7, 11) is -3.26. The maximum atomic E-state index is 12.2. The molecule has 19 heavy (non-hydrogen) atoms. The van der Waals surface area contributed by atoms with Crippen LogP contribution >= 0.6 is 0 Å². The van der Waals surface area contributed by atoms with Crippen molar-refractivity contribution in [2.24, 2.45) is 0 Å². The average molecular weight is 308 g/mol. The van der Waals surface area contributed by atoms with Crippen LogP contribution in [0.25, 0.3) is 0 Å². The molecule has 0 spiro atoms. The second-order valence-electron chi connectivity index (χ2n) is 5.70. The van der Waals surface area contributed by atoms with Crippen molar-refractivity contribution in [3.05, 3.63) is 0 Å². The molecule has 0 N–H and O–H groups in total. The molecule has 0 radical (unpaired) electrons. The van der Waals surface area contributed by atoms with Gasteiger partial charge in [-0.1, -0.05) is 38.5 Å². The first-order valence-electron chi connectivity index (χ1n) is 7.35. The summed E-state index contributed by atoms with van der Waals surface area (Å²) in [4.78, 5) is 0. The molecule has 0 heterocycles. The van der Waals surface area contributed by atoms with Crippen LogP contribution in [-0.4, -0.2) is 29.1 Å². The van der Waals surface area contributed by atoms with E-state index in [0.29, 0.717) is 0 Å². The van der Waals surface area contributed by atoms with Gasteiger partial charge in [-0.25, -0.2) is 12.6 Å². The quantitative estimate of drug-likeness (QED) is 0.783. The van der Waals surface area contributed by atoms with E-state index in [-0.39, 0.29) is 16.4 Å². The van der Waals surface area contributed by atoms with Crippen LogP contribution < -0.4 is 0 Å². The monoisotopic (exact) mass is 308 g/mol. The highest BCUT2D eigenvalue weighted by Gasteiger charge is 2.30. The van der Waals surface area contributed by atoms with Crippen molar-refractivity contribution in [3.63, 3.8) is 0 Å². The fourth-order valence-electron chi connectivity index (χ4n) is 3.00. The minimum atomic E-state index is -3.26. The molecule has 1 unspecified atom stereocenters. The Morgan fingerprint density at radius 2 is 1.42 bits per heavy atom. The summed E-state index contributed by atoms with van der Waals surface area (Å²) in [5, 5.41) is -0.603. The molecular formula is C13H24O4S2. The third-order valence-electron chi connectivity index (χ3n) is 4.12. The Morgan fingerprint density at radius 1 is 0.895 bits per heavy atom. The lowest BCUT2D eigenvalue weighted by Gasteiger charge is -2.23. The molecule has 0 bridgehead atoms. The molecule has 1 atom stereocenters. The van der Waals surface area contributed by atoms with Crippen molar-refractivity contribution in [3.8, 4) is 0 Å². The van der Waals surface area contributed by atoms with Gasteiger partial charge < -0.3 is 0 Å². The molecule has 6 heteroatoms. The maximum absolute atomic E-state index is 12.2. The highest BCUT2D eigenvalue weighted by atomic mass is 32.3. The Kier molecular flexibility index (Phi) is 5.84. The van der Waals surface area contributed by atoms with Gasteiger partial charge in [0.1, 0.15) is 0 Å². The third-order valence-corrected chi connectivity index (χ3v) is 8.17. The van der Waals surface area contributed by atoms with Gasteiger partial charge in [0.25, 0.3) is 0 Å². The molecule has 0 aliphatic heterocycles. The molecule has 0 aromatic carbocycles. The SMILES string of the molecule is O=S(CS(=O)(=O)C1CCCCC1)OC1CCCCC1. The molecule has 2 aliphatic rings. The highest BCUT2D eigenvalue weighted by molar-refractivity contribution is 8.03. The predicted octanol–water partition coefficient (Wildman–Crippen LogP) is 2.70. The largest absolute Gasteiger partial charge is 0.286 e. The third kappa shape index (κ3) is 4.83. The normalized spacial score (nSPS) is 25.3. The Balaban J connectivity index is 1.82. The molecule has 2 saturated carbocycles. The second-order valence-corrected chi connectivity index (χ2v) is 9.44. The zero-order valence-corrected chi connectivity index (χ0v) is 13.0. The van der Waals surface area contributed by atoms with Crippen LogP contribution in [0.2, 0.25) is 0 Å². The van der Waals surface area contributed by atoms with Gasteiger partial charge in [0.15, 0.2) is 26.0 Å². The van der Waals surface area contributed by atoms with Crippen LogP contribution in [0.1, 0.15) is 64.2 Å². The number of hydrogen-bond acceptors (Lipinski definition) is 4. The summed E-state index contributed by atoms with van der Waals surface area (Å²) < 4.78 is 41.6. The summed E-state index contributed by atoms with van der Waals surface area (Å²) >= 11 is -1.68. The van der Waals surface area contributed by atoms with E-state index in [1.807, 2.05) is 0 Å². The molecule has 2 aliphatic carbocycles. The molecule has 0 amide bonds. The molecule has 0 aromatic heterocycles. The van der Waals surface area contributed by atoms with E-state index in [4.69, 9.17) is 4.18 Å². The Morgan fingerprint density at radius 3 is 2.00 bits per heavy atom. The van der Waals surface area contributed by atoms with Gasteiger partial charge in [-0.2, -0.15) is 0 Å². The van der Waals surface area contributed by atoms with Crippen LogP contribution in [0.5, 0.6) is 0 Å². The van der Waals surface area contributed by atoms with E-state index >= 15 is 0 Å². The number of rotatable bonds is 5. The molecule has 4 nitrogen and oxygen atoms in total. The van der Waals surface area contributed by atoms with E-state index in [0.717, 1.165) is 57.8 Å². The van der Waals surface area contributed by atoms with Gasteiger partial charge in [0, 0.05) is 0 Å². The fraction of sp³-hybridized carbons (Fsp3) is 1.00. The van der Waals surface area contributed by atoms with Gasteiger partial charge >= 0.3 is 0 Å². The lowest BCUT2D eigenvalue weighted by atomic mass is 9.98. The summed E-state index contributed by atoms with van der Waals surface area (Å²) in [6.45, 7) is 0. The average Bonchev–Trinajstić information content (AvgIpc) is 2.40. The van der Waals surface area contributed by atoms with Gasteiger partial charge in [-0.05, 0) is 25.7 Å². The van der Waals surface area contributed by atoms with Gasteiger partial charge in [-0.3, -0.25) is 4.18 Å². The van der Waals surface area contributed by atoms with Crippen LogP contribution in [-0.2, 0) is 25.1 Å². The van der Waals surface area contributed by atoms with Crippen LogP contribution in [0.15, 0.2) is 0 Å². The second kappa shape index (κ2) is 7.18. The number of sulfone groups is 1. The Bertz CT molecular complexity index is 393. The van der Waals surface area contributed by atoms with E-state index in [2.05, 4.69) is 0 Å². The van der Waals surface area contributed by atoms with Crippen LogP contribution in [0, 0.1) is 0 Å². The topological polar surface area (TPSA) is 60.4 Å². The summed E-state index contributed by atoms with van der Waals surface area (Å²) in [5.74, 6) is 0. The van der Waals surface area contributed by atoms with Crippen LogP contribution in [0.4, 0.5) is 0 Å². The van der Waals surface area contributed by atoms with Crippen molar-refractivity contribution in [2.75, 3.05) is 5.08 Å². The Hall–Kier alpha value is 0.0600. The molecular weight excluding hydrogens is 284 g/mol. The molecule has 0 saturated heterocycles. The van der Waals surface area contributed by atoms with Gasteiger partial charge in [0.05, 0.1) is 11.4 Å². The summed E-state index contributed by atoms with van der Waals surface area (Å²) in [5.41, 5.74) is 0. The van der Waals surface area contributed by atoms with E-state index < -0.39 is 20.9 Å². The molecule has 2 rings (SSSR count).